The van der Waals surface area contributed by atoms with Crippen LogP contribution >= 0.6 is 15.9 Å². The molecule has 0 N–H and O–H groups in total. The summed E-state index contributed by atoms with van der Waals surface area (Å²) in [7, 11) is 1.83. The lowest BCUT2D eigenvalue weighted by Crippen LogP contribution is -1.90. The molecule has 0 aliphatic heterocycles. The first-order valence-electron chi connectivity index (χ1n) is 3.64. The van der Waals surface area contributed by atoms with E-state index in [4.69, 9.17) is 0 Å². The van der Waals surface area contributed by atoms with E-state index in [1.807, 2.05) is 26.1 Å². The van der Waals surface area contributed by atoms with Gasteiger partial charge in [0.1, 0.15) is 11.0 Å². The van der Waals surface area contributed by atoms with Crippen LogP contribution in [0.4, 0.5) is 0 Å². The highest BCUT2D eigenvalue weighted by atomic mass is 79.9. The largest absolute Gasteiger partial charge is 0.187 e. The van der Waals surface area contributed by atoms with Gasteiger partial charge in [-0.2, -0.15) is 15.0 Å². The monoisotopic (exact) mass is 225 g/mol. The van der Waals surface area contributed by atoms with Crippen LogP contribution in [-0.2, 0) is 7.05 Å². The van der Waals surface area contributed by atoms with Crippen molar-refractivity contribution in [2.45, 2.75) is 6.92 Å². The quantitative estimate of drug-likeness (QED) is 0.688. The lowest BCUT2D eigenvalue weighted by atomic mass is 10.2. The van der Waals surface area contributed by atoms with Gasteiger partial charge in [0.15, 0.2) is 0 Å². The molecule has 62 valence electrons. The molecule has 12 heavy (non-hydrogen) atoms. The second-order valence-electron chi connectivity index (χ2n) is 2.78. The van der Waals surface area contributed by atoms with Crippen LogP contribution in [0.1, 0.15) is 5.56 Å². The average Bonchev–Trinajstić information content (AvgIpc) is 2.29. The zero-order valence-electron chi connectivity index (χ0n) is 6.87. The van der Waals surface area contributed by atoms with Crippen LogP contribution in [0.15, 0.2) is 16.6 Å². The van der Waals surface area contributed by atoms with Gasteiger partial charge in [0, 0.05) is 11.5 Å². The minimum atomic E-state index is 0.935. The first-order chi connectivity index (χ1) is 5.66. The van der Waals surface area contributed by atoms with E-state index in [1.165, 1.54) is 0 Å². The Kier molecular flexibility index (Phi) is 1.65. The lowest BCUT2D eigenvalue weighted by Gasteiger charge is -1.93. The number of hydrogen-bond acceptors (Lipinski definition) is 2. The molecule has 0 atom stereocenters. The topological polar surface area (TPSA) is 30.7 Å². The third-order valence-corrected chi connectivity index (χ3v) is 2.20. The zero-order valence-corrected chi connectivity index (χ0v) is 8.46. The van der Waals surface area contributed by atoms with Gasteiger partial charge in [-0.3, -0.25) is 0 Å². The second-order valence-corrected chi connectivity index (χ2v) is 3.70. The highest BCUT2D eigenvalue weighted by Gasteiger charge is 2.03. The van der Waals surface area contributed by atoms with Crippen molar-refractivity contribution in [2.75, 3.05) is 0 Å². The minimum Gasteiger partial charge on any atom is -0.187 e. The van der Waals surface area contributed by atoms with Gasteiger partial charge >= 0.3 is 0 Å². The molecule has 0 amide bonds. The van der Waals surface area contributed by atoms with Gasteiger partial charge in [-0.25, -0.2) is 0 Å². The van der Waals surface area contributed by atoms with Gasteiger partial charge in [0.2, 0.25) is 0 Å². The van der Waals surface area contributed by atoms with Gasteiger partial charge < -0.3 is 0 Å². The maximum Gasteiger partial charge on any atom is 0.116 e. The van der Waals surface area contributed by atoms with Crippen LogP contribution in [0, 0.1) is 6.92 Å². The number of benzene rings is 1. The van der Waals surface area contributed by atoms with E-state index in [0.717, 1.165) is 21.1 Å². The van der Waals surface area contributed by atoms with Crippen molar-refractivity contribution < 1.29 is 0 Å². The summed E-state index contributed by atoms with van der Waals surface area (Å²) in [4.78, 5) is 1.59. The van der Waals surface area contributed by atoms with Crippen molar-refractivity contribution in [3.05, 3.63) is 22.2 Å². The van der Waals surface area contributed by atoms with Crippen LogP contribution in [0.5, 0.6) is 0 Å². The third-order valence-electron chi connectivity index (χ3n) is 1.74. The maximum absolute atomic E-state index is 4.24. The molecule has 0 aliphatic carbocycles. The van der Waals surface area contributed by atoms with E-state index in [1.54, 1.807) is 4.80 Å². The molecule has 0 bridgehead atoms. The molecule has 0 fully saturated rings. The minimum absolute atomic E-state index is 0.935. The molecule has 0 saturated carbocycles. The normalized spacial score (nSPS) is 10.9. The number of aromatic nitrogens is 3. The van der Waals surface area contributed by atoms with Crippen molar-refractivity contribution in [1.82, 2.24) is 15.0 Å². The Bertz CT molecular complexity index is 433. The number of hydrogen-bond donors (Lipinski definition) is 0. The average molecular weight is 226 g/mol. The molecule has 2 rings (SSSR count). The molecule has 1 heterocycles. The Balaban J connectivity index is 2.88. The molecule has 0 unspecified atom stereocenters. The Morgan fingerprint density at radius 1 is 1.33 bits per heavy atom. The van der Waals surface area contributed by atoms with Crippen LogP contribution in [0.3, 0.4) is 0 Å². The van der Waals surface area contributed by atoms with E-state index in [2.05, 4.69) is 26.1 Å². The van der Waals surface area contributed by atoms with Gasteiger partial charge in [0.05, 0.1) is 0 Å². The Labute approximate surface area is 78.5 Å². The van der Waals surface area contributed by atoms with E-state index >= 15 is 0 Å². The standard InChI is InChI=1S/C8H8BrN3/c1-5-3-6(9)4-7-8(5)11-12(2)10-7/h3-4H,1-2H3. The van der Waals surface area contributed by atoms with Crippen molar-refractivity contribution in [1.29, 1.82) is 0 Å². The maximum atomic E-state index is 4.24. The summed E-state index contributed by atoms with van der Waals surface area (Å²) in [5.74, 6) is 0. The van der Waals surface area contributed by atoms with Crippen molar-refractivity contribution in [3.63, 3.8) is 0 Å². The summed E-state index contributed by atoms with van der Waals surface area (Å²) in [6.45, 7) is 2.03. The predicted molar refractivity (Wildman–Crippen MR) is 50.9 cm³/mol. The van der Waals surface area contributed by atoms with E-state index in [0.29, 0.717) is 0 Å². The smallest absolute Gasteiger partial charge is 0.116 e. The van der Waals surface area contributed by atoms with Crippen LogP contribution in [0.2, 0.25) is 0 Å². The van der Waals surface area contributed by atoms with Gasteiger partial charge in [0.25, 0.3) is 0 Å². The van der Waals surface area contributed by atoms with Crippen LogP contribution in [0.25, 0.3) is 11.0 Å². The van der Waals surface area contributed by atoms with E-state index < -0.39 is 0 Å². The summed E-state index contributed by atoms with van der Waals surface area (Å²) < 4.78 is 1.05. The highest BCUT2D eigenvalue weighted by molar-refractivity contribution is 9.10. The van der Waals surface area contributed by atoms with E-state index in [9.17, 15) is 0 Å². The predicted octanol–water partition coefficient (Wildman–Crippen LogP) is 2.04. The fourth-order valence-electron chi connectivity index (χ4n) is 1.25. The molecule has 1 aromatic heterocycles. The SMILES string of the molecule is Cc1cc(Br)cc2nn(C)nc12. The van der Waals surface area contributed by atoms with Crippen LogP contribution in [-0.4, -0.2) is 15.0 Å². The molecule has 3 nitrogen and oxygen atoms in total. The van der Waals surface area contributed by atoms with E-state index in [-0.39, 0.29) is 0 Å². The molecule has 0 aliphatic rings. The lowest BCUT2D eigenvalue weighted by molar-refractivity contribution is 0.665. The number of aryl methyl sites for hydroxylation is 2. The molecule has 0 spiro atoms. The number of nitrogens with zero attached hydrogens (tertiary/aromatic N) is 3. The molecular formula is C8H8BrN3. The van der Waals surface area contributed by atoms with Crippen molar-refractivity contribution >= 4 is 27.0 Å². The van der Waals surface area contributed by atoms with Crippen LogP contribution < -0.4 is 0 Å². The summed E-state index contributed by atoms with van der Waals surface area (Å²) in [6, 6.07) is 4.01. The molecule has 0 radical (unpaired) electrons. The summed E-state index contributed by atoms with van der Waals surface area (Å²) in [5.41, 5.74) is 3.05. The summed E-state index contributed by atoms with van der Waals surface area (Å²) in [5, 5.41) is 8.45. The summed E-state index contributed by atoms with van der Waals surface area (Å²) >= 11 is 3.42. The molecule has 0 saturated heterocycles. The second kappa shape index (κ2) is 2.55. The highest BCUT2D eigenvalue weighted by Crippen LogP contribution is 2.20. The first-order valence-corrected chi connectivity index (χ1v) is 4.43. The molecule has 2 aromatic rings. The molecular weight excluding hydrogens is 218 g/mol. The fourth-order valence-corrected chi connectivity index (χ4v) is 1.81. The van der Waals surface area contributed by atoms with Crippen molar-refractivity contribution in [2.24, 2.45) is 7.05 Å². The molecule has 1 aromatic carbocycles. The Hall–Kier alpha value is -0.900. The number of fused-ring (bicyclic) bond motifs is 1. The molecule has 4 heteroatoms. The first kappa shape index (κ1) is 7.73. The fraction of sp³-hybridized carbons (Fsp3) is 0.250. The van der Waals surface area contributed by atoms with Gasteiger partial charge in [-0.05, 0) is 24.6 Å². The van der Waals surface area contributed by atoms with Gasteiger partial charge in [-0.15, -0.1) is 0 Å². The van der Waals surface area contributed by atoms with Crippen molar-refractivity contribution in [3.8, 4) is 0 Å². The van der Waals surface area contributed by atoms with Gasteiger partial charge in [-0.1, -0.05) is 15.9 Å². The Morgan fingerprint density at radius 2 is 2.08 bits per heavy atom. The number of halogens is 1. The zero-order chi connectivity index (χ0) is 8.72. The number of rotatable bonds is 0. The summed E-state index contributed by atoms with van der Waals surface area (Å²) in [6.07, 6.45) is 0. The Morgan fingerprint density at radius 3 is 2.83 bits per heavy atom. The third kappa shape index (κ3) is 1.12.